The van der Waals surface area contributed by atoms with E-state index in [1.807, 2.05) is 40.3 Å². The number of fused-ring (bicyclic) bond motifs is 8. The van der Waals surface area contributed by atoms with Crippen molar-refractivity contribution in [3.63, 3.8) is 0 Å². The molecule has 9 heterocycles. The minimum atomic E-state index is -0.275. The first-order chi connectivity index (χ1) is 27.0. The van der Waals surface area contributed by atoms with Crippen LogP contribution >= 0.6 is 0 Å². The zero-order chi connectivity index (χ0) is 37.0. The molecule has 12 rings (SSSR count). The second-order valence-electron chi connectivity index (χ2n) is 16.9. The van der Waals surface area contributed by atoms with Crippen molar-refractivity contribution in [2.24, 2.45) is 17.8 Å². The molecule has 9 heteroatoms. The fourth-order valence-corrected chi connectivity index (χ4v) is 11.1. The lowest BCUT2D eigenvalue weighted by Gasteiger charge is -2.51. The molecule has 8 aliphatic heterocycles. The molecule has 6 fully saturated rings. The first-order valence-electron chi connectivity index (χ1n) is 20.6. The molecule has 7 atom stereocenters. The van der Waals surface area contributed by atoms with Gasteiger partial charge in [-0.3, -0.25) is 24.5 Å². The molecule has 8 nitrogen and oxygen atoms in total. The topological polar surface area (TPSA) is 69.2 Å². The van der Waals surface area contributed by atoms with Gasteiger partial charge in [-0.2, -0.15) is 0 Å². The normalized spacial score (nSPS) is 30.7. The standard InChI is InChI=1S/C46H50FN5O3/c47-38-10-8-33(9-11-38)44-39-12-18-48-27-36(39)17-22-51(44)43(53)26-37-28-50-21-15-34(37)25-41(50)35-7-6-30-16-23-52(45(40(30)24-35)32-4-2-1-3-5-32)46(54)55-42-29-49-19-13-31(42)14-20-49/h1-12,18,24,27,31,34,37,41-42,44-45H,13-17,19-23,25-26,28-29H2/t34?,37-,41?,42+,44-,45+/m1/s1. The first-order valence-corrected chi connectivity index (χ1v) is 20.6. The Balaban J connectivity index is 0.875. The maximum Gasteiger partial charge on any atom is 0.410 e. The molecule has 284 valence electrons. The van der Waals surface area contributed by atoms with Gasteiger partial charge in [0, 0.05) is 51.0 Å². The van der Waals surface area contributed by atoms with Crippen molar-refractivity contribution < 1.29 is 18.7 Å². The van der Waals surface area contributed by atoms with Crippen LogP contribution in [0.5, 0.6) is 0 Å². The molecule has 2 amide bonds. The molecule has 3 unspecified atom stereocenters. The van der Waals surface area contributed by atoms with Gasteiger partial charge in [-0.05, 0) is 133 Å². The summed E-state index contributed by atoms with van der Waals surface area (Å²) in [5, 5.41) is 0. The molecule has 4 aromatic rings. The SMILES string of the molecule is O=C(C[C@@H]1CN2CCC1CC2c1ccc2c(c1)[C@H](c1ccccc1)N(C(=O)O[C@H]1CN3CCC1CC3)CC2)N1CCc2cnccc2[C@H]1c1ccc(F)cc1. The summed E-state index contributed by atoms with van der Waals surface area (Å²) in [6.45, 7) is 6.28. The summed E-state index contributed by atoms with van der Waals surface area (Å²) in [6.07, 6.45) is 9.93. The predicted molar refractivity (Wildman–Crippen MR) is 208 cm³/mol. The summed E-state index contributed by atoms with van der Waals surface area (Å²) < 4.78 is 20.3. The molecule has 8 aliphatic rings. The van der Waals surface area contributed by atoms with E-state index in [0.717, 1.165) is 93.5 Å². The number of ether oxygens (including phenoxy) is 1. The molecule has 55 heavy (non-hydrogen) atoms. The van der Waals surface area contributed by atoms with Gasteiger partial charge in [0.15, 0.2) is 0 Å². The number of aromatic nitrogens is 1. The number of nitrogens with zero attached hydrogens (tertiary/aromatic N) is 5. The highest BCUT2D eigenvalue weighted by molar-refractivity contribution is 5.78. The molecule has 1 aromatic heterocycles. The molecule has 0 aliphatic carbocycles. The van der Waals surface area contributed by atoms with Gasteiger partial charge in [0.1, 0.15) is 11.9 Å². The van der Waals surface area contributed by atoms with Crippen molar-refractivity contribution in [3.8, 4) is 0 Å². The summed E-state index contributed by atoms with van der Waals surface area (Å²) in [5.41, 5.74) is 8.11. The lowest BCUT2D eigenvalue weighted by Crippen LogP contribution is -2.53. The lowest BCUT2D eigenvalue weighted by molar-refractivity contribution is -0.136. The van der Waals surface area contributed by atoms with E-state index in [4.69, 9.17) is 4.74 Å². The van der Waals surface area contributed by atoms with E-state index in [-0.39, 0.29) is 48.0 Å². The van der Waals surface area contributed by atoms with Gasteiger partial charge in [-0.25, -0.2) is 9.18 Å². The molecule has 3 aromatic carbocycles. The van der Waals surface area contributed by atoms with Gasteiger partial charge in [0.05, 0.1) is 12.1 Å². The van der Waals surface area contributed by atoms with E-state index in [2.05, 4.69) is 57.2 Å². The molecule has 4 bridgehead atoms. The minimum Gasteiger partial charge on any atom is -0.444 e. The number of benzene rings is 3. The van der Waals surface area contributed by atoms with Crippen molar-refractivity contribution in [3.05, 3.63) is 136 Å². The van der Waals surface area contributed by atoms with Crippen LogP contribution in [0.3, 0.4) is 0 Å². The van der Waals surface area contributed by atoms with Crippen LogP contribution in [-0.2, 0) is 22.4 Å². The summed E-state index contributed by atoms with van der Waals surface area (Å²) >= 11 is 0. The monoisotopic (exact) mass is 739 g/mol. The third-order valence-corrected chi connectivity index (χ3v) is 14.0. The Morgan fingerprint density at radius 1 is 0.727 bits per heavy atom. The van der Waals surface area contributed by atoms with Crippen molar-refractivity contribution in [1.82, 2.24) is 24.6 Å². The number of rotatable bonds is 6. The highest BCUT2D eigenvalue weighted by Gasteiger charge is 2.44. The number of pyridine rings is 1. The van der Waals surface area contributed by atoms with Gasteiger partial charge < -0.3 is 9.64 Å². The molecule has 0 spiro atoms. The summed E-state index contributed by atoms with van der Waals surface area (Å²) in [4.78, 5) is 41.8. The third-order valence-electron chi connectivity index (χ3n) is 14.0. The Labute approximate surface area is 323 Å². The van der Waals surface area contributed by atoms with Gasteiger partial charge in [0.2, 0.25) is 5.91 Å². The fourth-order valence-electron chi connectivity index (χ4n) is 11.1. The van der Waals surface area contributed by atoms with Crippen LogP contribution in [0.2, 0.25) is 0 Å². The molecular weight excluding hydrogens is 690 g/mol. The Morgan fingerprint density at radius 2 is 1.45 bits per heavy atom. The van der Waals surface area contributed by atoms with Crippen LogP contribution in [0.25, 0.3) is 0 Å². The Hall–Kier alpha value is -4.60. The fraction of sp³-hybridized carbons (Fsp3) is 0.457. The van der Waals surface area contributed by atoms with E-state index in [0.29, 0.717) is 31.3 Å². The molecule has 0 N–H and O–H groups in total. The Bertz CT molecular complexity index is 2050. The smallest absolute Gasteiger partial charge is 0.410 e. The zero-order valence-electron chi connectivity index (χ0n) is 31.4. The lowest BCUT2D eigenvalue weighted by atomic mass is 9.72. The maximum atomic E-state index is 14.3. The predicted octanol–water partition coefficient (Wildman–Crippen LogP) is 7.35. The van der Waals surface area contributed by atoms with Crippen LogP contribution in [0, 0.1) is 23.6 Å². The number of hydrogen-bond donors (Lipinski definition) is 0. The Morgan fingerprint density at radius 3 is 2.22 bits per heavy atom. The highest BCUT2D eigenvalue weighted by Crippen LogP contribution is 2.47. The number of halogens is 1. The van der Waals surface area contributed by atoms with Crippen molar-refractivity contribution in [2.75, 3.05) is 45.8 Å². The van der Waals surface area contributed by atoms with Gasteiger partial charge >= 0.3 is 6.09 Å². The van der Waals surface area contributed by atoms with Crippen LogP contribution < -0.4 is 0 Å². The average molecular weight is 740 g/mol. The number of hydrogen-bond acceptors (Lipinski definition) is 6. The molecule has 6 saturated heterocycles. The minimum absolute atomic E-state index is 0.0265. The molecule has 0 radical (unpaired) electrons. The van der Waals surface area contributed by atoms with E-state index in [9.17, 15) is 14.0 Å². The number of carbonyl (C=O) groups excluding carboxylic acids is 2. The first kappa shape index (κ1) is 34.9. The summed E-state index contributed by atoms with van der Waals surface area (Å²) in [7, 11) is 0. The van der Waals surface area contributed by atoms with Crippen molar-refractivity contribution in [1.29, 1.82) is 0 Å². The van der Waals surface area contributed by atoms with Crippen LogP contribution in [-0.4, -0.2) is 88.5 Å². The van der Waals surface area contributed by atoms with Crippen LogP contribution in [0.4, 0.5) is 9.18 Å². The second kappa shape index (κ2) is 14.5. The van der Waals surface area contributed by atoms with E-state index >= 15 is 0 Å². The van der Waals surface area contributed by atoms with Crippen LogP contribution in [0.1, 0.15) is 89.2 Å². The van der Waals surface area contributed by atoms with Crippen molar-refractivity contribution >= 4 is 12.0 Å². The number of piperidine rings is 6. The Kier molecular flexibility index (Phi) is 9.18. The van der Waals surface area contributed by atoms with Gasteiger partial charge in [-0.1, -0.05) is 60.7 Å². The third kappa shape index (κ3) is 6.53. The second-order valence-corrected chi connectivity index (χ2v) is 16.9. The summed E-state index contributed by atoms with van der Waals surface area (Å²) in [5.74, 6) is 1.11. The number of amides is 2. The molecule has 0 saturated carbocycles. The van der Waals surface area contributed by atoms with Crippen LogP contribution in [0.15, 0.2) is 91.3 Å². The largest absolute Gasteiger partial charge is 0.444 e. The number of carbonyl (C=O) groups is 2. The van der Waals surface area contributed by atoms with Crippen molar-refractivity contribution in [2.45, 2.75) is 69.2 Å². The quantitative estimate of drug-likeness (QED) is 0.206. The van der Waals surface area contributed by atoms with E-state index in [1.165, 1.54) is 28.8 Å². The molecular formula is C46H50FN5O3. The van der Waals surface area contributed by atoms with E-state index in [1.54, 1.807) is 6.20 Å². The summed E-state index contributed by atoms with van der Waals surface area (Å²) in [6, 6.07) is 26.0. The zero-order valence-corrected chi connectivity index (χ0v) is 31.4. The average Bonchev–Trinajstić information content (AvgIpc) is 3.24. The van der Waals surface area contributed by atoms with Gasteiger partial charge in [0.25, 0.3) is 0 Å². The van der Waals surface area contributed by atoms with Gasteiger partial charge in [-0.15, -0.1) is 0 Å². The maximum absolute atomic E-state index is 14.3. The van der Waals surface area contributed by atoms with E-state index < -0.39 is 0 Å². The highest BCUT2D eigenvalue weighted by atomic mass is 19.1.